The third kappa shape index (κ3) is 8.59. The summed E-state index contributed by atoms with van der Waals surface area (Å²) in [7, 11) is 0. The van der Waals surface area contributed by atoms with E-state index in [1.807, 2.05) is 0 Å². The van der Waals surface area contributed by atoms with Crippen LogP contribution >= 0.6 is 0 Å². The molecule has 0 saturated carbocycles. The molecule has 0 N–H and O–H groups in total. The topological polar surface area (TPSA) is 0 Å². The lowest BCUT2D eigenvalue weighted by Gasteiger charge is -2.14. The van der Waals surface area contributed by atoms with Crippen LogP contribution in [0.1, 0.15) is 79.1 Å². The van der Waals surface area contributed by atoms with Gasteiger partial charge >= 0.3 is 0 Å². The average Bonchev–Trinajstić information content (AvgIpc) is 2.20. The van der Waals surface area contributed by atoms with E-state index in [0.717, 1.165) is 11.8 Å². The Labute approximate surface area is 91.5 Å². The summed E-state index contributed by atoms with van der Waals surface area (Å²) in [5, 5.41) is 0. The summed E-state index contributed by atoms with van der Waals surface area (Å²) < 4.78 is 0. The van der Waals surface area contributed by atoms with Crippen LogP contribution in [0.2, 0.25) is 0 Å². The predicted molar refractivity (Wildman–Crippen MR) is 66.6 cm³/mol. The zero-order valence-corrected chi connectivity index (χ0v) is 10.8. The monoisotopic (exact) mass is 198 g/mol. The third-order valence-electron chi connectivity index (χ3n) is 3.25. The molecule has 0 amide bonds. The zero-order valence-electron chi connectivity index (χ0n) is 10.8. The van der Waals surface area contributed by atoms with Gasteiger partial charge in [0.1, 0.15) is 0 Å². The van der Waals surface area contributed by atoms with Crippen molar-refractivity contribution in [2.75, 3.05) is 0 Å². The Bertz CT molecular complexity index is 92.6. The van der Waals surface area contributed by atoms with E-state index in [1.54, 1.807) is 0 Å². The van der Waals surface area contributed by atoms with Crippen LogP contribution in [-0.2, 0) is 0 Å². The highest BCUT2D eigenvalue weighted by molar-refractivity contribution is 4.58. The van der Waals surface area contributed by atoms with Gasteiger partial charge in [0.25, 0.3) is 0 Å². The summed E-state index contributed by atoms with van der Waals surface area (Å²) in [6.07, 6.45) is 11.3. The number of hydrogen-bond donors (Lipinski definition) is 0. The first-order valence-electron chi connectivity index (χ1n) is 6.70. The Morgan fingerprint density at radius 1 is 0.643 bits per heavy atom. The van der Waals surface area contributed by atoms with Crippen molar-refractivity contribution >= 4 is 0 Å². The first kappa shape index (κ1) is 14.0. The van der Waals surface area contributed by atoms with Crippen molar-refractivity contribution in [2.24, 2.45) is 11.8 Å². The summed E-state index contributed by atoms with van der Waals surface area (Å²) in [4.78, 5) is 0. The van der Waals surface area contributed by atoms with Crippen molar-refractivity contribution in [1.29, 1.82) is 0 Å². The lowest BCUT2D eigenvalue weighted by molar-refractivity contribution is 0.384. The summed E-state index contributed by atoms with van der Waals surface area (Å²) in [6.45, 7) is 9.41. The maximum Gasteiger partial charge on any atom is -0.0443 e. The van der Waals surface area contributed by atoms with Gasteiger partial charge < -0.3 is 0 Å². The Kier molecular flexibility index (Phi) is 9.55. The molecule has 0 aromatic heterocycles. The second-order valence-corrected chi connectivity index (χ2v) is 5.07. The Morgan fingerprint density at radius 3 is 1.29 bits per heavy atom. The van der Waals surface area contributed by atoms with Crippen LogP contribution in [0.5, 0.6) is 0 Å². The fourth-order valence-corrected chi connectivity index (χ4v) is 1.96. The standard InChI is InChI=1S/C14H30/c1-5-7-9-13(3)11-12-14(4)10-8-6-2/h13-14H,5-12H2,1-4H3. The van der Waals surface area contributed by atoms with E-state index in [-0.39, 0.29) is 0 Å². The molecule has 14 heavy (non-hydrogen) atoms. The second kappa shape index (κ2) is 9.55. The fraction of sp³-hybridized carbons (Fsp3) is 1.00. The van der Waals surface area contributed by atoms with Crippen LogP contribution in [0.25, 0.3) is 0 Å². The maximum atomic E-state index is 2.42. The average molecular weight is 198 g/mol. The molecule has 0 bridgehead atoms. The van der Waals surface area contributed by atoms with Gasteiger partial charge in [0.15, 0.2) is 0 Å². The van der Waals surface area contributed by atoms with Gasteiger partial charge in [0, 0.05) is 0 Å². The molecule has 0 aliphatic rings. The molecule has 0 saturated heterocycles. The maximum absolute atomic E-state index is 2.42. The highest BCUT2D eigenvalue weighted by Gasteiger charge is 2.05. The summed E-state index contributed by atoms with van der Waals surface area (Å²) in [5.74, 6) is 1.91. The van der Waals surface area contributed by atoms with Crippen LogP contribution in [0.3, 0.4) is 0 Å². The van der Waals surface area contributed by atoms with E-state index in [9.17, 15) is 0 Å². The third-order valence-corrected chi connectivity index (χ3v) is 3.25. The minimum atomic E-state index is 0.957. The number of rotatable bonds is 9. The van der Waals surface area contributed by atoms with Crippen molar-refractivity contribution in [2.45, 2.75) is 79.1 Å². The van der Waals surface area contributed by atoms with Gasteiger partial charge in [-0.2, -0.15) is 0 Å². The molecule has 86 valence electrons. The number of hydrogen-bond acceptors (Lipinski definition) is 0. The Morgan fingerprint density at radius 2 is 1.00 bits per heavy atom. The highest BCUT2D eigenvalue weighted by atomic mass is 14.1. The van der Waals surface area contributed by atoms with E-state index in [1.165, 1.54) is 51.4 Å². The zero-order chi connectivity index (χ0) is 10.8. The summed E-state index contributed by atoms with van der Waals surface area (Å²) in [5.41, 5.74) is 0. The smallest absolute Gasteiger partial charge is 0.0443 e. The quantitative estimate of drug-likeness (QED) is 0.464. The normalized spacial score (nSPS) is 15.4. The second-order valence-electron chi connectivity index (χ2n) is 5.07. The van der Waals surface area contributed by atoms with Crippen molar-refractivity contribution in [3.05, 3.63) is 0 Å². The lowest BCUT2D eigenvalue weighted by Crippen LogP contribution is -2.00. The van der Waals surface area contributed by atoms with Gasteiger partial charge in [-0.15, -0.1) is 0 Å². The van der Waals surface area contributed by atoms with Crippen LogP contribution in [-0.4, -0.2) is 0 Å². The van der Waals surface area contributed by atoms with E-state index >= 15 is 0 Å². The SMILES string of the molecule is CCCCC(C)CCC(C)CCCC. The van der Waals surface area contributed by atoms with Crippen molar-refractivity contribution in [3.8, 4) is 0 Å². The minimum Gasteiger partial charge on any atom is -0.0654 e. The van der Waals surface area contributed by atoms with Crippen LogP contribution in [0.15, 0.2) is 0 Å². The fourth-order valence-electron chi connectivity index (χ4n) is 1.96. The van der Waals surface area contributed by atoms with Crippen LogP contribution in [0, 0.1) is 11.8 Å². The highest BCUT2D eigenvalue weighted by Crippen LogP contribution is 2.20. The van der Waals surface area contributed by atoms with Crippen LogP contribution < -0.4 is 0 Å². The molecule has 0 fully saturated rings. The molecule has 0 rings (SSSR count). The molecule has 0 aromatic rings. The first-order valence-corrected chi connectivity index (χ1v) is 6.70. The molecule has 0 aliphatic carbocycles. The largest absolute Gasteiger partial charge is 0.0654 e. The first-order chi connectivity index (χ1) is 6.70. The van der Waals surface area contributed by atoms with Crippen molar-refractivity contribution in [3.63, 3.8) is 0 Å². The van der Waals surface area contributed by atoms with E-state index in [0.29, 0.717) is 0 Å². The molecule has 2 unspecified atom stereocenters. The Balaban J connectivity index is 3.31. The predicted octanol–water partition coefficient (Wildman–Crippen LogP) is 5.42. The van der Waals surface area contributed by atoms with Crippen molar-refractivity contribution in [1.82, 2.24) is 0 Å². The molecule has 2 atom stereocenters. The van der Waals surface area contributed by atoms with Gasteiger partial charge in [-0.3, -0.25) is 0 Å². The minimum absolute atomic E-state index is 0.957. The molecule has 0 spiro atoms. The van der Waals surface area contributed by atoms with E-state index < -0.39 is 0 Å². The van der Waals surface area contributed by atoms with E-state index in [2.05, 4.69) is 27.7 Å². The summed E-state index contributed by atoms with van der Waals surface area (Å²) in [6, 6.07) is 0. The molecule has 0 aliphatic heterocycles. The molecular formula is C14H30. The van der Waals surface area contributed by atoms with Gasteiger partial charge in [0.2, 0.25) is 0 Å². The van der Waals surface area contributed by atoms with Crippen molar-refractivity contribution < 1.29 is 0 Å². The van der Waals surface area contributed by atoms with E-state index in [4.69, 9.17) is 0 Å². The van der Waals surface area contributed by atoms with Gasteiger partial charge in [0.05, 0.1) is 0 Å². The molecular weight excluding hydrogens is 168 g/mol. The Hall–Kier alpha value is 0. The molecule has 0 heterocycles. The lowest BCUT2D eigenvalue weighted by atomic mass is 9.92. The van der Waals surface area contributed by atoms with Gasteiger partial charge in [-0.1, -0.05) is 79.1 Å². The molecule has 0 aromatic carbocycles. The van der Waals surface area contributed by atoms with Gasteiger partial charge in [-0.25, -0.2) is 0 Å². The number of unbranched alkanes of at least 4 members (excludes halogenated alkanes) is 2. The van der Waals surface area contributed by atoms with Gasteiger partial charge in [-0.05, 0) is 11.8 Å². The molecule has 0 nitrogen and oxygen atoms in total. The molecule has 0 radical (unpaired) electrons. The molecule has 0 heteroatoms. The summed E-state index contributed by atoms with van der Waals surface area (Å²) >= 11 is 0. The van der Waals surface area contributed by atoms with Crippen LogP contribution in [0.4, 0.5) is 0 Å².